The number of nitrogens with one attached hydrogen (secondary N) is 1. The molecule has 7 heteroatoms. The number of carbonyl (C=O) groups is 2. The molecule has 24 heavy (non-hydrogen) atoms. The zero-order chi connectivity index (χ0) is 17.5. The van der Waals surface area contributed by atoms with Crippen molar-refractivity contribution in [1.29, 1.82) is 0 Å². The summed E-state index contributed by atoms with van der Waals surface area (Å²) in [5.41, 5.74) is 1.48. The Labute approximate surface area is 149 Å². The maximum absolute atomic E-state index is 12.3. The lowest BCUT2D eigenvalue weighted by molar-refractivity contribution is -0.140. The van der Waals surface area contributed by atoms with Crippen LogP contribution in [0.1, 0.15) is 32.6 Å². The number of carboxylic acids is 1. The highest BCUT2D eigenvalue weighted by atomic mass is 35.5. The van der Waals surface area contributed by atoms with Crippen LogP contribution in [0.5, 0.6) is 0 Å². The summed E-state index contributed by atoms with van der Waals surface area (Å²) in [4.78, 5) is 27.7. The standard InChI is InChI=1S/C17H19ClN2O3S/c1-2-3-6-11(9-15(21)22)16(23)20-17-19-14(10-24-17)12-7-4-5-8-13(12)18/h4-5,7-8,10-11H,2-3,6,9H2,1H3,(H,21,22)(H,19,20,23)/t11-/m1/s1. The van der Waals surface area contributed by atoms with Crippen LogP contribution in [0, 0.1) is 5.92 Å². The first kappa shape index (κ1) is 18.4. The molecule has 0 aliphatic heterocycles. The van der Waals surface area contributed by atoms with E-state index in [1.54, 1.807) is 6.07 Å². The lowest BCUT2D eigenvalue weighted by atomic mass is 9.98. The molecule has 2 aromatic rings. The number of benzene rings is 1. The van der Waals surface area contributed by atoms with Gasteiger partial charge in [0.1, 0.15) is 0 Å². The van der Waals surface area contributed by atoms with Crippen LogP contribution in [0.4, 0.5) is 5.13 Å². The van der Waals surface area contributed by atoms with Crippen molar-refractivity contribution in [1.82, 2.24) is 4.98 Å². The normalized spacial score (nSPS) is 11.9. The molecule has 2 rings (SSSR count). The van der Waals surface area contributed by atoms with Gasteiger partial charge in [0, 0.05) is 21.9 Å². The molecule has 0 unspecified atom stereocenters. The Bertz CT molecular complexity index is 717. The van der Waals surface area contributed by atoms with Gasteiger partial charge in [0.25, 0.3) is 0 Å². The summed E-state index contributed by atoms with van der Waals surface area (Å²) >= 11 is 7.44. The number of unbranched alkanes of at least 4 members (excludes halogenated alkanes) is 1. The molecule has 128 valence electrons. The van der Waals surface area contributed by atoms with Crippen molar-refractivity contribution in [3.05, 3.63) is 34.7 Å². The third-order valence-corrected chi connectivity index (χ3v) is 4.67. The lowest BCUT2D eigenvalue weighted by Gasteiger charge is -2.13. The quantitative estimate of drug-likeness (QED) is 0.710. The topological polar surface area (TPSA) is 79.3 Å². The molecule has 0 saturated heterocycles. The average Bonchev–Trinajstić information content (AvgIpc) is 2.99. The molecule has 5 nitrogen and oxygen atoms in total. The van der Waals surface area contributed by atoms with Gasteiger partial charge in [-0.25, -0.2) is 4.98 Å². The summed E-state index contributed by atoms with van der Waals surface area (Å²) in [5.74, 6) is -1.82. The Kier molecular flexibility index (Phi) is 6.75. The van der Waals surface area contributed by atoms with E-state index >= 15 is 0 Å². The van der Waals surface area contributed by atoms with Gasteiger partial charge in [-0.3, -0.25) is 9.59 Å². The minimum Gasteiger partial charge on any atom is -0.481 e. The smallest absolute Gasteiger partial charge is 0.304 e. The first-order chi connectivity index (χ1) is 11.5. The van der Waals surface area contributed by atoms with E-state index < -0.39 is 11.9 Å². The summed E-state index contributed by atoms with van der Waals surface area (Å²) in [6, 6.07) is 7.34. The van der Waals surface area contributed by atoms with E-state index in [1.807, 2.05) is 30.5 Å². The van der Waals surface area contributed by atoms with Crippen LogP contribution < -0.4 is 5.32 Å². The highest BCUT2D eigenvalue weighted by Crippen LogP contribution is 2.30. The molecule has 1 heterocycles. The Morgan fingerprint density at radius 3 is 2.79 bits per heavy atom. The molecule has 0 bridgehead atoms. The number of rotatable bonds is 8. The molecular formula is C17H19ClN2O3S. The van der Waals surface area contributed by atoms with Crippen LogP contribution in [0.2, 0.25) is 5.02 Å². The van der Waals surface area contributed by atoms with E-state index in [1.165, 1.54) is 11.3 Å². The number of nitrogens with zero attached hydrogens (tertiary/aromatic N) is 1. The van der Waals surface area contributed by atoms with Gasteiger partial charge in [-0.2, -0.15) is 0 Å². The number of aromatic nitrogens is 1. The number of aliphatic carboxylic acids is 1. The number of thiazole rings is 1. The minimum atomic E-state index is -0.970. The van der Waals surface area contributed by atoms with E-state index in [-0.39, 0.29) is 12.3 Å². The molecule has 1 amide bonds. The van der Waals surface area contributed by atoms with E-state index in [2.05, 4.69) is 10.3 Å². The highest BCUT2D eigenvalue weighted by molar-refractivity contribution is 7.14. The number of hydrogen-bond donors (Lipinski definition) is 2. The van der Waals surface area contributed by atoms with Crippen LogP contribution >= 0.6 is 22.9 Å². The maximum Gasteiger partial charge on any atom is 0.304 e. The number of anilines is 1. The highest BCUT2D eigenvalue weighted by Gasteiger charge is 2.22. The van der Waals surface area contributed by atoms with Crippen LogP contribution in [-0.4, -0.2) is 22.0 Å². The Morgan fingerprint density at radius 2 is 2.12 bits per heavy atom. The van der Waals surface area contributed by atoms with E-state index in [0.29, 0.717) is 22.3 Å². The molecule has 1 aromatic heterocycles. The third kappa shape index (κ3) is 5.04. The van der Waals surface area contributed by atoms with Crippen molar-refractivity contribution >= 4 is 39.9 Å². The average molecular weight is 367 g/mol. The predicted molar refractivity (Wildman–Crippen MR) is 96.5 cm³/mol. The molecule has 1 atom stereocenters. The van der Waals surface area contributed by atoms with Gasteiger partial charge >= 0.3 is 5.97 Å². The first-order valence-corrected chi connectivity index (χ1v) is 9.00. The number of carbonyl (C=O) groups excluding carboxylic acids is 1. The largest absolute Gasteiger partial charge is 0.481 e. The van der Waals surface area contributed by atoms with Crippen LogP contribution in [-0.2, 0) is 9.59 Å². The first-order valence-electron chi connectivity index (χ1n) is 7.74. The van der Waals surface area contributed by atoms with Crippen molar-refractivity contribution in [3.8, 4) is 11.3 Å². The van der Waals surface area contributed by atoms with E-state index in [0.717, 1.165) is 18.4 Å². The molecule has 2 N–H and O–H groups in total. The second-order valence-corrected chi connectivity index (χ2v) is 6.71. The van der Waals surface area contributed by atoms with E-state index in [9.17, 15) is 9.59 Å². The lowest BCUT2D eigenvalue weighted by Crippen LogP contribution is -2.25. The Morgan fingerprint density at radius 1 is 1.38 bits per heavy atom. The Balaban J connectivity index is 2.08. The fourth-order valence-electron chi connectivity index (χ4n) is 2.32. The van der Waals surface area contributed by atoms with Crippen molar-refractivity contribution in [2.45, 2.75) is 32.6 Å². The van der Waals surface area contributed by atoms with Crippen LogP contribution in [0.3, 0.4) is 0 Å². The number of amides is 1. The monoisotopic (exact) mass is 366 g/mol. The van der Waals surface area contributed by atoms with Crippen LogP contribution in [0.25, 0.3) is 11.3 Å². The summed E-state index contributed by atoms with van der Waals surface area (Å²) in [6.45, 7) is 2.01. The second-order valence-electron chi connectivity index (χ2n) is 5.44. The Hall–Kier alpha value is -1.92. The molecule has 1 aromatic carbocycles. The van der Waals surface area contributed by atoms with Gasteiger partial charge in [-0.15, -0.1) is 11.3 Å². The zero-order valence-corrected chi connectivity index (χ0v) is 14.9. The van der Waals surface area contributed by atoms with Crippen LogP contribution in [0.15, 0.2) is 29.6 Å². The fourth-order valence-corrected chi connectivity index (χ4v) is 3.26. The molecule has 0 radical (unpaired) electrons. The summed E-state index contributed by atoms with van der Waals surface area (Å²) in [7, 11) is 0. The van der Waals surface area contributed by atoms with Gasteiger partial charge in [-0.05, 0) is 12.5 Å². The molecule has 0 spiro atoms. The fraction of sp³-hybridized carbons (Fsp3) is 0.353. The van der Waals surface area contributed by atoms with Crippen molar-refractivity contribution in [2.24, 2.45) is 5.92 Å². The molecule has 0 aliphatic carbocycles. The predicted octanol–water partition coefficient (Wildman–Crippen LogP) is 4.68. The number of carboxylic acid groups (broad SMARTS) is 1. The summed E-state index contributed by atoms with van der Waals surface area (Å²) in [6.07, 6.45) is 2.11. The molecule has 0 saturated carbocycles. The van der Waals surface area contributed by atoms with Gasteiger partial charge in [0.15, 0.2) is 5.13 Å². The molecule has 0 aliphatic rings. The van der Waals surface area contributed by atoms with E-state index in [4.69, 9.17) is 16.7 Å². The summed E-state index contributed by atoms with van der Waals surface area (Å²) in [5, 5.41) is 14.6. The SMILES string of the molecule is CCCC[C@H](CC(=O)O)C(=O)Nc1nc(-c2ccccc2Cl)cs1. The van der Waals surface area contributed by atoms with Gasteiger partial charge in [0.05, 0.1) is 12.1 Å². The van der Waals surface area contributed by atoms with Gasteiger partial charge < -0.3 is 10.4 Å². The maximum atomic E-state index is 12.3. The molecular weight excluding hydrogens is 348 g/mol. The third-order valence-electron chi connectivity index (χ3n) is 3.58. The molecule has 0 fully saturated rings. The second kappa shape index (κ2) is 8.80. The number of hydrogen-bond acceptors (Lipinski definition) is 4. The minimum absolute atomic E-state index is 0.172. The van der Waals surface area contributed by atoms with Gasteiger partial charge in [0.2, 0.25) is 5.91 Å². The number of halogens is 1. The zero-order valence-electron chi connectivity index (χ0n) is 13.3. The van der Waals surface area contributed by atoms with Crippen molar-refractivity contribution < 1.29 is 14.7 Å². The van der Waals surface area contributed by atoms with Crippen molar-refractivity contribution in [2.75, 3.05) is 5.32 Å². The summed E-state index contributed by atoms with van der Waals surface area (Å²) < 4.78 is 0. The van der Waals surface area contributed by atoms with Crippen molar-refractivity contribution in [3.63, 3.8) is 0 Å². The van der Waals surface area contributed by atoms with Gasteiger partial charge in [-0.1, -0.05) is 49.6 Å².